The Bertz CT molecular complexity index is 1390. The van der Waals surface area contributed by atoms with Gasteiger partial charge in [-0.15, -0.1) is 0 Å². The summed E-state index contributed by atoms with van der Waals surface area (Å²) in [5.41, 5.74) is 1.68. The Morgan fingerprint density at radius 1 is 0.949 bits per heavy atom. The summed E-state index contributed by atoms with van der Waals surface area (Å²) in [7, 11) is -4.13. The first-order valence-corrected chi connectivity index (χ1v) is 15.0. The lowest BCUT2D eigenvalue weighted by Crippen LogP contribution is -2.52. The average molecular weight is 568 g/mol. The maximum absolute atomic E-state index is 14.0. The van der Waals surface area contributed by atoms with Crippen LogP contribution < -0.4 is 9.62 Å². The number of benzene rings is 3. The molecule has 1 saturated carbocycles. The van der Waals surface area contributed by atoms with Gasteiger partial charge in [0.15, 0.2) is 0 Å². The van der Waals surface area contributed by atoms with Crippen molar-refractivity contribution in [3.63, 3.8) is 0 Å². The minimum absolute atomic E-state index is 0.0545. The van der Waals surface area contributed by atoms with E-state index in [2.05, 4.69) is 5.32 Å². The Morgan fingerprint density at radius 2 is 1.56 bits per heavy atom. The maximum atomic E-state index is 14.0. The van der Waals surface area contributed by atoms with E-state index in [9.17, 15) is 18.0 Å². The van der Waals surface area contributed by atoms with Crippen molar-refractivity contribution in [1.29, 1.82) is 0 Å². The molecule has 0 unspecified atom stereocenters. The molecule has 4 rings (SSSR count). The smallest absolute Gasteiger partial charge is 0.264 e. The van der Waals surface area contributed by atoms with Crippen molar-refractivity contribution in [2.24, 2.45) is 0 Å². The lowest BCUT2D eigenvalue weighted by molar-refractivity contribution is -0.139. The van der Waals surface area contributed by atoms with Crippen LogP contribution in [0.3, 0.4) is 0 Å². The summed E-state index contributed by atoms with van der Waals surface area (Å²) in [6, 6.07) is 21.6. The molecule has 1 fully saturated rings. The molecule has 1 N–H and O–H groups in total. The number of nitrogens with one attached hydrogen (secondary N) is 1. The Morgan fingerprint density at radius 3 is 2.21 bits per heavy atom. The maximum Gasteiger partial charge on any atom is 0.264 e. The first-order chi connectivity index (χ1) is 18.7. The van der Waals surface area contributed by atoms with Gasteiger partial charge in [-0.05, 0) is 62.1 Å². The number of anilines is 1. The molecule has 0 spiro atoms. The fourth-order valence-electron chi connectivity index (χ4n) is 4.85. The largest absolute Gasteiger partial charge is 0.352 e. The minimum atomic E-state index is -4.13. The number of sulfonamides is 1. The third-order valence-corrected chi connectivity index (χ3v) is 9.37. The van der Waals surface area contributed by atoms with Gasteiger partial charge in [-0.2, -0.15) is 0 Å². The van der Waals surface area contributed by atoms with Crippen LogP contribution in [-0.4, -0.2) is 43.8 Å². The van der Waals surface area contributed by atoms with Crippen LogP contribution >= 0.6 is 11.6 Å². The van der Waals surface area contributed by atoms with Crippen molar-refractivity contribution in [1.82, 2.24) is 10.2 Å². The van der Waals surface area contributed by atoms with Gasteiger partial charge >= 0.3 is 0 Å². The van der Waals surface area contributed by atoms with E-state index >= 15 is 0 Å². The van der Waals surface area contributed by atoms with E-state index < -0.39 is 28.5 Å². The van der Waals surface area contributed by atoms with Crippen LogP contribution in [0.5, 0.6) is 0 Å². The summed E-state index contributed by atoms with van der Waals surface area (Å²) in [4.78, 5) is 28.8. The van der Waals surface area contributed by atoms with E-state index in [1.807, 2.05) is 30.3 Å². The first kappa shape index (κ1) is 28.6. The molecule has 0 radical (unpaired) electrons. The standard InChI is InChI=1S/C30H34ClN3O4S/c1-22-27(31)18-11-19-28(22)34(39(37,38)26-16-7-4-8-17-26)21-29(35)33(20-24-12-5-3-6-13-24)23(2)30(36)32-25-14-9-10-15-25/h3-8,11-13,16-19,23,25H,9-10,14-15,20-21H2,1-2H3,(H,32,36)/t23-/m0/s1. The molecule has 39 heavy (non-hydrogen) atoms. The van der Waals surface area contributed by atoms with Crippen LogP contribution in [0.25, 0.3) is 0 Å². The van der Waals surface area contributed by atoms with Gasteiger partial charge in [0, 0.05) is 17.6 Å². The second kappa shape index (κ2) is 12.7. The number of amides is 2. The molecule has 3 aromatic carbocycles. The zero-order valence-corrected chi connectivity index (χ0v) is 23.8. The number of hydrogen-bond acceptors (Lipinski definition) is 4. The van der Waals surface area contributed by atoms with Gasteiger partial charge in [0.2, 0.25) is 11.8 Å². The van der Waals surface area contributed by atoms with Crippen molar-refractivity contribution in [2.75, 3.05) is 10.8 Å². The van der Waals surface area contributed by atoms with Crippen molar-refractivity contribution in [3.8, 4) is 0 Å². The lowest BCUT2D eigenvalue weighted by atomic mass is 10.1. The van der Waals surface area contributed by atoms with E-state index in [1.54, 1.807) is 50.2 Å². The molecule has 1 atom stereocenters. The van der Waals surface area contributed by atoms with E-state index in [4.69, 9.17) is 11.6 Å². The first-order valence-electron chi connectivity index (χ1n) is 13.1. The highest BCUT2D eigenvalue weighted by Gasteiger charge is 2.34. The van der Waals surface area contributed by atoms with E-state index in [1.165, 1.54) is 17.0 Å². The minimum Gasteiger partial charge on any atom is -0.352 e. The molecule has 0 saturated heterocycles. The highest BCUT2D eigenvalue weighted by Crippen LogP contribution is 2.31. The SMILES string of the molecule is Cc1c(Cl)cccc1N(CC(=O)N(Cc1ccccc1)[C@@H](C)C(=O)NC1CCCC1)S(=O)(=O)c1ccccc1. The van der Waals surface area contributed by atoms with Crippen LogP contribution in [-0.2, 0) is 26.2 Å². The van der Waals surface area contributed by atoms with Crippen LogP contribution in [0.2, 0.25) is 5.02 Å². The Hall–Kier alpha value is -3.36. The predicted molar refractivity (Wildman–Crippen MR) is 154 cm³/mol. The van der Waals surface area contributed by atoms with Gasteiger partial charge in [0.05, 0.1) is 10.6 Å². The molecule has 206 valence electrons. The molecule has 0 aromatic heterocycles. The van der Waals surface area contributed by atoms with Crippen LogP contribution in [0.1, 0.15) is 43.7 Å². The zero-order chi connectivity index (χ0) is 28.0. The second-order valence-electron chi connectivity index (χ2n) is 9.88. The molecular formula is C30H34ClN3O4S. The number of rotatable bonds is 10. The summed E-state index contributed by atoms with van der Waals surface area (Å²) in [5.74, 6) is -0.741. The van der Waals surface area contributed by atoms with Gasteiger partial charge in [-0.1, -0.05) is 79.0 Å². The molecule has 1 aliphatic carbocycles. The summed E-state index contributed by atoms with van der Waals surface area (Å²) >= 11 is 6.36. The number of halogens is 1. The molecular weight excluding hydrogens is 534 g/mol. The van der Waals surface area contributed by atoms with Gasteiger partial charge < -0.3 is 10.2 Å². The Labute approximate surface area is 235 Å². The Kier molecular flexibility index (Phi) is 9.30. The van der Waals surface area contributed by atoms with Crippen molar-refractivity contribution >= 4 is 39.1 Å². The van der Waals surface area contributed by atoms with E-state index in [0.29, 0.717) is 16.3 Å². The zero-order valence-electron chi connectivity index (χ0n) is 22.2. The lowest BCUT2D eigenvalue weighted by Gasteiger charge is -2.33. The van der Waals surface area contributed by atoms with Crippen LogP contribution in [0.15, 0.2) is 83.8 Å². The molecule has 9 heteroatoms. The summed E-state index contributed by atoms with van der Waals surface area (Å²) in [6.45, 7) is 3.07. The van der Waals surface area contributed by atoms with Gasteiger partial charge in [-0.25, -0.2) is 8.42 Å². The third-order valence-electron chi connectivity index (χ3n) is 7.18. The third kappa shape index (κ3) is 6.81. The molecule has 3 aromatic rings. The average Bonchev–Trinajstić information content (AvgIpc) is 3.45. The summed E-state index contributed by atoms with van der Waals surface area (Å²) in [5, 5.41) is 3.46. The highest BCUT2D eigenvalue weighted by molar-refractivity contribution is 7.92. The topological polar surface area (TPSA) is 86.8 Å². The number of nitrogens with zero attached hydrogens (tertiary/aromatic N) is 2. The van der Waals surface area contributed by atoms with Crippen molar-refractivity contribution in [3.05, 3.63) is 95.0 Å². The van der Waals surface area contributed by atoms with Gasteiger partial charge in [0.1, 0.15) is 12.6 Å². The molecule has 0 bridgehead atoms. The van der Waals surface area contributed by atoms with Gasteiger partial charge in [-0.3, -0.25) is 13.9 Å². The van der Waals surface area contributed by atoms with Crippen molar-refractivity contribution < 1.29 is 18.0 Å². The Balaban J connectivity index is 1.70. The number of carbonyl (C=O) groups excluding carboxylic acids is 2. The fourth-order valence-corrected chi connectivity index (χ4v) is 6.52. The van der Waals surface area contributed by atoms with Crippen molar-refractivity contribution in [2.45, 2.75) is 63.1 Å². The predicted octanol–water partition coefficient (Wildman–Crippen LogP) is 5.32. The summed E-state index contributed by atoms with van der Waals surface area (Å²) in [6.07, 6.45) is 3.97. The molecule has 0 heterocycles. The number of carbonyl (C=O) groups is 2. The second-order valence-corrected chi connectivity index (χ2v) is 12.2. The number of hydrogen-bond donors (Lipinski definition) is 1. The molecule has 0 aliphatic heterocycles. The monoisotopic (exact) mass is 567 g/mol. The van der Waals surface area contributed by atoms with Crippen LogP contribution in [0.4, 0.5) is 5.69 Å². The summed E-state index contributed by atoms with van der Waals surface area (Å²) < 4.78 is 28.8. The fraction of sp³-hybridized carbons (Fsp3) is 0.333. The highest BCUT2D eigenvalue weighted by atomic mass is 35.5. The van der Waals surface area contributed by atoms with E-state index in [-0.39, 0.29) is 23.4 Å². The van der Waals surface area contributed by atoms with E-state index in [0.717, 1.165) is 35.6 Å². The molecule has 1 aliphatic rings. The van der Waals surface area contributed by atoms with Gasteiger partial charge in [0.25, 0.3) is 10.0 Å². The molecule has 2 amide bonds. The molecule has 7 nitrogen and oxygen atoms in total. The van der Waals surface area contributed by atoms with Crippen LogP contribution in [0, 0.1) is 6.92 Å². The quantitative estimate of drug-likeness (QED) is 0.359. The normalized spacial score (nSPS) is 14.5.